The van der Waals surface area contributed by atoms with E-state index in [4.69, 9.17) is 9.40 Å². The highest BCUT2D eigenvalue weighted by molar-refractivity contribution is 6.09. The molecular weight excluding hydrogens is 707 g/mol. The summed E-state index contributed by atoms with van der Waals surface area (Å²) < 4.78 is 11.8. The van der Waals surface area contributed by atoms with Gasteiger partial charge in [-0.2, -0.15) is 4.57 Å². The molecule has 2 atom stereocenters. The lowest BCUT2D eigenvalue weighted by Crippen LogP contribution is -2.47. The monoisotopic (exact) mass is 759 g/mol. The van der Waals surface area contributed by atoms with E-state index in [0.717, 1.165) is 58.1 Å². The van der Waals surface area contributed by atoms with Crippen molar-refractivity contribution < 1.29 is 13.6 Å². The van der Waals surface area contributed by atoms with Gasteiger partial charge in [0.25, 0.3) is 0 Å². The van der Waals surface area contributed by atoms with E-state index in [-0.39, 0.29) is 12.0 Å². The quantitative estimate of drug-likeness (QED) is 0.108. The van der Waals surface area contributed by atoms with Crippen LogP contribution in [0.15, 0.2) is 139 Å². The smallest absolute Gasteiger partial charge is 0.227 e. The van der Waals surface area contributed by atoms with Gasteiger partial charge in [-0.25, -0.2) is 9.55 Å². The summed E-state index contributed by atoms with van der Waals surface area (Å²) in [4.78, 5) is 5.27. The maximum Gasteiger partial charge on any atom is 0.227 e. The summed E-state index contributed by atoms with van der Waals surface area (Å²) in [7, 11) is 2.19. The molecule has 0 saturated carbocycles. The fourth-order valence-electron chi connectivity index (χ4n) is 9.70. The van der Waals surface area contributed by atoms with E-state index in [0.29, 0.717) is 11.6 Å². The fourth-order valence-corrected chi connectivity index (χ4v) is 9.70. The third kappa shape index (κ3) is 6.55. The molecule has 0 saturated heterocycles. The molecule has 4 aromatic heterocycles. The molecular formula is C54H53N3O+2. The summed E-state index contributed by atoms with van der Waals surface area (Å²) in [5.41, 5.74) is 19.9. The number of rotatable bonds is 9. The van der Waals surface area contributed by atoms with Gasteiger partial charge in [0.15, 0.2) is 24.0 Å². The summed E-state index contributed by atoms with van der Waals surface area (Å²) in [5.74, 6) is 0.766. The second kappa shape index (κ2) is 15.0. The van der Waals surface area contributed by atoms with Crippen LogP contribution in [0.2, 0.25) is 0 Å². The predicted molar refractivity (Wildman–Crippen MR) is 239 cm³/mol. The van der Waals surface area contributed by atoms with Crippen LogP contribution in [0.4, 0.5) is 0 Å². The zero-order valence-electron chi connectivity index (χ0n) is 34.9. The van der Waals surface area contributed by atoms with E-state index < -0.39 is 0 Å². The summed E-state index contributed by atoms with van der Waals surface area (Å²) in [6.07, 6.45) is 9.67. The van der Waals surface area contributed by atoms with Gasteiger partial charge in [-0.05, 0) is 110 Å². The van der Waals surface area contributed by atoms with Crippen molar-refractivity contribution in [3.63, 3.8) is 0 Å². The van der Waals surface area contributed by atoms with Gasteiger partial charge in [-0.15, -0.1) is 6.58 Å². The van der Waals surface area contributed by atoms with Crippen molar-refractivity contribution in [3.8, 4) is 44.9 Å². The van der Waals surface area contributed by atoms with Gasteiger partial charge in [0.05, 0.1) is 22.7 Å². The summed E-state index contributed by atoms with van der Waals surface area (Å²) in [6.45, 7) is 17.8. The molecule has 4 nitrogen and oxygen atoms in total. The molecule has 0 radical (unpaired) electrons. The van der Waals surface area contributed by atoms with Gasteiger partial charge in [-0.1, -0.05) is 92.7 Å². The van der Waals surface area contributed by atoms with Gasteiger partial charge in [0.2, 0.25) is 17.1 Å². The number of benzene rings is 4. The minimum atomic E-state index is 0.193. The number of hydrogen-bond acceptors (Lipinski definition) is 2. The molecule has 4 heteroatoms. The Morgan fingerprint density at radius 2 is 1.47 bits per heavy atom. The third-order valence-corrected chi connectivity index (χ3v) is 12.4. The van der Waals surface area contributed by atoms with E-state index in [1.165, 1.54) is 61.3 Å². The zero-order valence-corrected chi connectivity index (χ0v) is 34.9. The van der Waals surface area contributed by atoms with Crippen molar-refractivity contribution in [2.75, 3.05) is 0 Å². The summed E-state index contributed by atoms with van der Waals surface area (Å²) in [6, 6.07) is 40.1. The van der Waals surface area contributed by atoms with Crippen molar-refractivity contribution in [1.29, 1.82) is 0 Å². The Labute approximate surface area is 343 Å². The lowest BCUT2D eigenvalue weighted by Gasteiger charge is -2.29. The standard InChI is InChI=1S/C54H53N3O/c1-9-42-43-17-13-14-18-44(43)49-25-19-34(4)31-57(49)48(42)26-21-39-20-22-45-46-23-24-47(51-36(6)28-40(29-37(51)7)38-15-11-10-12-16-38)55-54(46)58-53(45)52(39)50-30-35(5)41(27-33(2)3)32-56(50)8/h9-20,22-25,28-33,42,48H,1,21,26-27H2,2-8H3/q+2. The van der Waals surface area contributed by atoms with Crippen molar-refractivity contribution in [1.82, 2.24) is 4.98 Å². The number of aromatic nitrogens is 3. The van der Waals surface area contributed by atoms with Crippen molar-refractivity contribution in [2.45, 2.75) is 72.8 Å². The molecule has 2 unspecified atom stereocenters. The highest BCUT2D eigenvalue weighted by atomic mass is 16.3. The molecule has 0 amide bonds. The average molecular weight is 760 g/mol. The highest BCUT2D eigenvalue weighted by Crippen LogP contribution is 2.43. The van der Waals surface area contributed by atoms with E-state index in [1.54, 1.807) is 0 Å². The Bertz CT molecular complexity index is 2860. The molecule has 0 aliphatic carbocycles. The van der Waals surface area contributed by atoms with Crippen molar-refractivity contribution >= 4 is 22.1 Å². The molecule has 5 heterocycles. The number of fused-ring (bicyclic) bond motifs is 6. The molecule has 0 N–H and O–H groups in total. The number of aryl methyl sites for hydroxylation is 6. The fraction of sp³-hybridized carbons (Fsp3) is 0.241. The van der Waals surface area contributed by atoms with Crippen LogP contribution in [-0.2, 0) is 19.9 Å². The third-order valence-electron chi connectivity index (χ3n) is 12.4. The first kappa shape index (κ1) is 37.4. The average Bonchev–Trinajstić information content (AvgIpc) is 3.58. The molecule has 288 valence electrons. The molecule has 0 fully saturated rings. The Hall–Kier alpha value is -6.13. The van der Waals surface area contributed by atoms with E-state index in [9.17, 15) is 0 Å². The van der Waals surface area contributed by atoms with E-state index in [2.05, 4.69) is 192 Å². The molecule has 9 rings (SSSR count). The lowest BCUT2D eigenvalue weighted by molar-refractivity contribution is -0.717. The molecule has 0 spiro atoms. The Balaban J connectivity index is 1.18. The largest absolute Gasteiger partial charge is 0.437 e. The molecule has 58 heavy (non-hydrogen) atoms. The maximum absolute atomic E-state index is 7.01. The van der Waals surface area contributed by atoms with Crippen LogP contribution >= 0.6 is 0 Å². The van der Waals surface area contributed by atoms with E-state index >= 15 is 0 Å². The van der Waals surface area contributed by atoms with Crippen LogP contribution in [-0.4, -0.2) is 4.98 Å². The normalized spacial score (nSPS) is 14.9. The van der Waals surface area contributed by atoms with Crippen LogP contribution in [0.1, 0.15) is 71.2 Å². The molecule has 1 aliphatic rings. The number of hydrogen-bond donors (Lipinski definition) is 0. The first-order valence-corrected chi connectivity index (χ1v) is 20.8. The van der Waals surface area contributed by atoms with Crippen LogP contribution < -0.4 is 9.13 Å². The maximum atomic E-state index is 7.01. The number of pyridine rings is 3. The minimum Gasteiger partial charge on any atom is -0.437 e. The Kier molecular flexibility index (Phi) is 9.68. The molecule has 0 bridgehead atoms. The van der Waals surface area contributed by atoms with Crippen molar-refractivity contribution in [2.24, 2.45) is 13.0 Å². The topological polar surface area (TPSA) is 33.8 Å². The minimum absolute atomic E-state index is 0.193. The Morgan fingerprint density at radius 1 is 0.724 bits per heavy atom. The van der Waals surface area contributed by atoms with Crippen LogP contribution in [0.25, 0.3) is 67.0 Å². The van der Waals surface area contributed by atoms with Gasteiger partial charge in [0, 0.05) is 46.0 Å². The molecule has 4 aromatic carbocycles. The van der Waals surface area contributed by atoms with Crippen LogP contribution in [0.3, 0.4) is 0 Å². The SMILES string of the molecule is C=CC1c2ccccc2-c2ccc(C)c[n+]2C1CCc1ccc2c(oc3nc(-c4c(C)cc(-c5ccccc5)cc4C)ccc32)c1-c1cc(C)c(CC(C)C)c[n+]1C. The van der Waals surface area contributed by atoms with Crippen LogP contribution in [0.5, 0.6) is 0 Å². The number of allylic oxidation sites excluding steroid dienone is 1. The zero-order chi connectivity index (χ0) is 40.2. The second-order valence-corrected chi connectivity index (χ2v) is 17.0. The van der Waals surface area contributed by atoms with E-state index in [1.807, 2.05) is 0 Å². The second-order valence-electron chi connectivity index (χ2n) is 17.0. The summed E-state index contributed by atoms with van der Waals surface area (Å²) in [5, 5.41) is 2.13. The first-order valence-electron chi connectivity index (χ1n) is 20.8. The van der Waals surface area contributed by atoms with Gasteiger partial charge >= 0.3 is 0 Å². The Morgan fingerprint density at radius 3 is 2.22 bits per heavy atom. The number of nitrogens with zero attached hydrogens (tertiary/aromatic N) is 3. The highest BCUT2D eigenvalue weighted by Gasteiger charge is 2.38. The van der Waals surface area contributed by atoms with Gasteiger partial charge in [0.1, 0.15) is 7.05 Å². The predicted octanol–water partition coefficient (Wildman–Crippen LogP) is 12.7. The first-order chi connectivity index (χ1) is 28.1. The number of furan rings is 1. The lowest BCUT2D eigenvalue weighted by atomic mass is 9.80. The van der Waals surface area contributed by atoms with Gasteiger partial charge in [-0.3, -0.25) is 0 Å². The molecule has 8 aromatic rings. The van der Waals surface area contributed by atoms with Gasteiger partial charge < -0.3 is 4.42 Å². The van der Waals surface area contributed by atoms with Crippen molar-refractivity contribution in [3.05, 3.63) is 173 Å². The molecule has 1 aliphatic heterocycles. The summed E-state index contributed by atoms with van der Waals surface area (Å²) >= 11 is 0. The van der Waals surface area contributed by atoms with Crippen LogP contribution in [0, 0.1) is 33.6 Å².